The molecule has 0 heterocycles. The summed E-state index contributed by atoms with van der Waals surface area (Å²) in [4.78, 5) is 0. The maximum Gasteiger partial charge on any atom is 0.138 e. The summed E-state index contributed by atoms with van der Waals surface area (Å²) in [5, 5.41) is 0.635. The lowest BCUT2D eigenvalue weighted by Crippen LogP contribution is -2.17. The van der Waals surface area contributed by atoms with Crippen LogP contribution >= 0.6 is 11.6 Å². The molecule has 0 amide bonds. The Kier molecular flexibility index (Phi) is 5.05. The van der Waals surface area contributed by atoms with Gasteiger partial charge in [-0.3, -0.25) is 0 Å². The third-order valence-corrected chi connectivity index (χ3v) is 3.33. The minimum absolute atomic E-state index is 0.130. The van der Waals surface area contributed by atoms with Gasteiger partial charge < -0.3 is 10.5 Å². The van der Waals surface area contributed by atoms with Crippen LogP contribution in [0.2, 0.25) is 5.02 Å². The fourth-order valence-electron chi connectivity index (χ4n) is 2.12. The van der Waals surface area contributed by atoms with Crippen molar-refractivity contribution in [3.05, 3.63) is 64.2 Å². The molecule has 0 spiro atoms. The minimum Gasteiger partial charge on any atom is -0.487 e. The largest absolute Gasteiger partial charge is 0.487 e. The summed E-state index contributed by atoms with van der Waals surface area (Å²) in [6, 6.07) is 14.2. The number of hydrogen-bond acceptors (Lipinski definition) is 2. The van der Waals surface area contributed by atoms with Crippen molar-refractivity contribution in [1.82, 2.24) is 0 Å². The number of nitrogens with two attached hydrogens (primary N) is 1. The molecule has 3 heteroatoms. The normalized spacial score (nSPS) is 12.2. The lowest BCUT2D eigenvalue weighted by atomic mass is 10.1. The van der Waals surface area contributed by atoms with Crippen molar-refractivity contribution in [3.8, 4) is 5.75 Å². The van der Waals surface area contributed by atoms with Gasteiger partial charge in [0, 0.05) is 6.04 Å². The van der Waals surface area contributed by atoms with Gasteiger partial charge in [-0.25, -0.2) is 0 Å². The van der Waals surface area contributed by atoms with E-state index < -0.39 is 0 Å². The van der Waals surface area contributed by atoms with Gasteiger partial charge in [0.15, 0.2) is 0 Å². The maximum atomic E-state index is 6.24. The van der Waals surface area contributed by atoms with Crippen LogP contribution in [-0.2, 0) is 13.0 Å². The van der Waals surface area contributed by atoms with Gasteiger partial charge in [-0.2, -0.15) is 0 Å². The van der Waals surface area contributed by atoms with E-state index in [0.29, 0.717) is 17.4 Å². The average Bonchev–Trinajstić information content (AvgIpc) is 2.37. The van der Waals surface area contributed by atoms with Gasteiger partial charge in [0.2, 0.25) is 0 Å². The third kappa shape index (κ3) is 4.26. The zero-order valence-electron chi connectivity index (χ0n) is 11.9. The molecule has 0 aliphatic carbocycles. The number of benzene rings is 2. The molecule has 1 unspecified atom stereocenters. The van der Waals surface area contributed by atoms with E-state index in [2.05, 4.69) is 19.1 Å². The van der Waals surface area contributed by atoms with E-state index >= 15 is 0 Å². The van der Waals surface area contributed by atoms with Gasteiger partial charge in [0.25, 0.3) is 0 Å². The lowest BCUT2D eigenvalue weighted by Gasteiger charge is -2.11. The molecule has 0 aromatic heterocycles. The molecule has 0 radical (unpaired) electrons. The van der Waals surface area contributed by atoms with Crippen molar-refractivity contribution >= 4 is 11.6 Å². The van der Waals surface area contributed by atoms with Crippen molar-refractivity contribution in [3.63, 3.8) is 0 Å². The zero-order chi connectivity index (χ0) is 14.5. The van der Waals surface area contributed by atoms with E-state index in [1.165, 1.54) is 5.56 Å². The second-order valence-electron chi connectivity index (χ2n) is 5.22. The Hall–Kier alpha value is -1.51. The van der Waals surface area contributed by atoms with E-state index in [1.807, 2.05) is 37.3 Å². The smallest absolute Gasteiger partial charge is 0.138 e. The number of ether oxygens (including phenoxy) is 1. The first-order valence-corrected chi connectivity index (χ1v) is 7.15. The number of hydrogen-bond donors (Lipinski definition) is 1. The summed E-state index contributed by atoms with van der Waals surface area (Å²) in [5.41, 5.74) is 9.29. The van der Waals surface area contributed by atoms with Crippen LogP contribution in [0, 0.1) is 6.92 Å². The van der Waals surface area contributed by atoms with Gasteiger partial charge in [0.1, 0.15) is 12.4 Å². The minimum atomic E-state index is 0.130. The van der Waals surface area contributed by atoms with Crippen LogP contribution in [0.4, 0.5) is 0 Å². The average molecular weight is 290 g/mol. The molecule has 0 saturated carbocycles. The Balaban J connectivity index is 2.03. The number of halogens is 1. The molecule has 2 N–H and O–H groups in total. The molecule has 0 aliphatic rings. The summed E-state index contributed by atoms with van der Waals surface area (Å²) in [5.74, 6) is 0.710. The van der Waals surface area contributed by atoms with Crippen LogP contribution < -0.4 is 10.5 Å². The SMILES string of the molecule is Cc1cccc(COc2ccc(CC(C)N)cc2Cl)c1. The Morgan fingerprint density at radius 1 is 1.15 bits per heavy atom. The molecule has 0 bridgehead atoms. The Morgan fingerprint density at radius 2 is 1.95 bits per heavy atom. The molecule has 2 nitrogen and oxygen atoms in total. The first-order valence-electron chi connectivity index (χ1n) is 6.77. The molecule has 0 fully saturated rings. The first-order chi connectivity index (χ1) is 9.54. The lowest BCUT2D eigenvalue weighted by molar-refractivity contribution is 0.306. The van der Waals surface area contributed by atoms with E-state index in [4.69, 9.17) is 22.1 Å². The van der Waals surface area contributed by atoms with Gasteiger partial charge in [-0.05, 0) is 43.5 Å². The molecule has 20 heavy (non-hydrogen) atoms. The van der Waals surface area contributed by atoms with Crippen LogP contribution in [0.15, 0.2) is 42.5 Å². The highest BCUT2D eigenvalue weighted by atomic mass is 35.5. The topological polar surface area (TPSA) is 35.2 Å². The summed E-state index contributed by atoms with van der Waals surface area (Å²) in [6.45, 7) is 4.57. The summed E-state index contributed by atoms with van der Waals surface area (Å²) < 4.78 is 5.77. The second-order valence-corrected chi connectivity index (χ2v) is 5.63. The number of rotatable bonds is 5. The van der Waals surface area contributed by atoms with Crippen LogP contribution in [0.5, 0.6) is 5.75 Å². The van der Waals surface area contributed by atoms with E-state index in [9.17, 15) is 0 Å². The van der Waals surface area contributed by atoms with Crippen molar-refractivity contribution in [1.29, 1.82) is 0 Å². The predicted molar refractivity (Wildman–Crippen MR) is 84.3 cm³/mol. The molecular weight excluding hydrogens is 270 g/mol. The Bertz CT molecular complexity index is 581. The maximum absolute atomic E-state index is 6.24. The standard InChI is InChI=1S/C17H20ClNO/c1-12-4-3-5-15(8-12)11-20-17-7-6-14(9-13(2)19)10-16(17)18/h3-8,10,13H,9,11,19H2,1-2H3. The van der Waals surface area contributed by atoms with Gasteiger partial charge >= 0.3 is 0 Å². The first kappa shape index (κ1) is 14.9. The van der Waals surface area contributed by atoms with Crippen molar-refractivity contribution < 1.29 is 4.74 Å². The van der Waals surface area contributed by atoms with Crippen molar-refractivity contribution in [2.24, 2.45) is 5.73 Å². The Labute approximate surface area is 125 Å². The van der Waals surface area contributed by atoms with Crippen LogP contribution in [-0.4, -0.2) is 6.04 Å². The molecule has 0 aliphatic heterocycles. The third-order valence-electron chi connectivity index (χ3n) is 3.03. The molecular formula is C17H20ClNO. The van der Waals surface area contributed by atoms with Gasteiger partial charge in [0.05, 0.1) is 5.02 Å². The molecule has 2 aromatic rings. The molecule has 2 aromatic carbocycles. The van der Waals surface area contributed by atoms with Crippen LogP contribution in [0.25, 0.3) is 0 Å². The van der Waals surface area contributed by atoms with Crippen molar-refractivity contribution in [2.45, 2.75) is 32.9 Å². The highest BCUT2D eigenvalue weighted by molar-refractivity contribution is 6.32. The fraction of sp³-hybridized carbons (Fsp3) is 0.294. The van der Waals surface area contributed by atoms with E-state index in [1.54, 1.807) is 0 Å². The number of aryl methyl sites for hydroxylation is 1. The highest BCUT2D eigenvalue weighted by Gasteiger charge is 2.05. The Morgan fingerprint density at radius 3 is 2.60 bits per heavy atom. The second kappa shape index (κ2) is 6.78. The predicted octanol–water partition coefficient (Wildman–Crippen LogP) is 4.12. The van der Waals surface area contributed by atoms with E-state index in [-0.39, 0.29) is 6.04 Å². The molecule has 2 rings (SSSR count). The quantitative estimate of drug-likeness (QED) is 0.899. The van der Waals surface area contributed by atoms with Gasteiger partial charge in [-0.15, -0.1) is 0 Å². The molecule has 0 saturated heterocycles. The van der Waals surface area contributed by atoms with Crippen LogP contribution in [0.3, 0.4) is 0 Å². The molecule has 106 valence electrons. The van der Waals surface area contributed by atoms with Crippen molar-refractivity contribution in [2.75, 3.05) is 0 Å². The zero-order valence-corrected chi connectivity index (χ0v) is 12.7. The fourth-order valence-corrected chi connectivity index (χ4v) is 2.38. The summed E-state index contributed by atoms with van der Waals surface area (Å²) in [6.07, 6.45) is 0.817. The summed E-state index contributed by atoms with van der Waals surface area (Å²) >= 11 is 6.24. The monoisotopic (exact) mass is 289 g/mol. The summed E-state index contributed by atoms with van der Waals surface area (Å²) in [7, 11) is 0. The van der Waals surface area contributed by atoms with E-state index in [0.717, 1.165) is 17.5 Å². The van der Waals surface area contributed by atoms with Crippen LogP contribution in [0.1, 0.15) is 23.6 Å². The van der Waals surface area contributed by atoms with Gasteiger partial charge in [-0.1, -0.05) is 47.5 Å². The highest BCUT2D eigenvalue weighted by Crippen LogP contribution is 2.26. The molecule has 1 atom stereocenters.